The van der Waals surface area contributed by atoms with E-state index in [9.17, 15) is 0 Å². The minimum atomic E-state index is 0.614. The summed E-state index contributed by atoms with van der Waals surface area (Å²) in [6, 6.07) is 54.6. The molecule has 0 saturated heterocycles. The molecule has 248 valence electrons. The molecule has 11 rings (SSSR count). The summed E-state index contributed by atoms with van der Waals surface area (Å²) in [5, 5.41) is 4.77. The van der Waals surface area contributed by atoms with Crippen molar-refractivity contribution in [3.05, 3.63) is 158 Å². The van der Waals surface area contributed by atoms with Crippen LogP contribution >= 0.6 is 22.7 Å². The van der Waals surface area contributed by atoms with Crippen LogP contribution in [0, 0.1) is 0 Å². The Morgan fingerprint density at radius 3 is 1.98 bits per heavy atom. The summed E-state index contributed by atoms with van der Waals surface area (Å²) in [7, 11) is 0. The molecule has 7 heteroatoms. The van der Waals surface area contributed by atoms with Crippen LogP contribution in [0.2, 0.25) is 0 Å². The monoisotopic (exact) mass is 714 g/mol. The summed E-state index contributed by atoms with van der Waals surface area (Å²) in [4.78, 5) is 20.3. The maximum Gasteiger partial charge on any atom is 0.227 e. The van der Waals surface area contributed by atoms with E-state index in [4.69, 9.17) is 24.4 Å². The van der Waals surface area contributed by atoms with E-state index in [0.29, 0.717) is 23.4 Å². The second-order valence-electron chi connectivity index (χ2n) is 13.0. The molecule has 53 heavy (non-hydrogen) atoms. The molecule has 4 heterocycles. The smallest absolute Gasteiger partial charge is 0.227 e. The quantitative estimate of drug-likeness (QED) is 0.178. The Balaban J connectivity index is 1.10. The van der Waals surface area contributed by atoms with Crippen molar-refractivity contribution >= 4 is 74.1 Å². The summed E-state index contributed by atoms with van der Waals surface area (Å²) in [5.41, 5.74) is 7.71. The van der Waals surface area contributed by atoms with Crippen LogP contribution in [0.1, 0.15) is 0 Å². The van der Waals surface area contributed by atoms with Crippen LogP contribution in [-0.2, 0) is 0 Å². The van der Waals surface area contributed by atoms with Crippen molar-refractivity contribution < 1.29 is 4.42 Å². The topological polar surface area (TPSA) is 64.7 Å². The number of hydrogen-bond acceptors (Lipinski definition) is 7. The number of benzene rings is 7. The second-order valence-corrected chi connectivity index (χ2v) is 15.1. The summed E-state index contributed by atoms with van der Waals surface area (Å²) in [6.45, 7) is 0. The third-order valence-electron chi connectivity index (χ3n) is 9.79. The number of nitrogens with zero attached hydrogens (tertiary/aromatic N) is 4. The van der Waals surface area contributed by atoms with Crippen LogP contribution in [0.3, 0.4) is 0 Å². The van der Waals surface area contributed by atoms with Crippen LogP contribution in [0.4, 0.5) is 0 Å². The van der Waals surface area contributed by atoms with Crippen LogP contribution < -0.4 is 0 Å². The van der Waals surface area contributed by atoms with Crippen molar-refractivity contribution in [1.29, 1.82) is 0 Å². The van der Waals surface area contributed by atoms with Gasteiger partial charge in [-0.3, -0.25) is 0 Å². The Labute approximate surface area is 311 Å². The van der Waals surface area contributed by atoms with Gasteiger partial charge in [0, 0.05) is 62.6 Å². The minimum absolute atomic E-state index is 0.614. The second kappa shape index (κ2) is 12.0. The van der Waals surface area contributed by atoms with Crippen molar-refractivity contribution in [2.75, 3.05) is 0 Å². The van der Waals surface area contributed by atoms with Crippen LogP contribution in [-0.4, -0.2) is 19.9 Å². The summed E-state index contributed by atoms with van der Waals surface area (Å²) in [5.74, 6) is 2.58. The van der Waals surface area contributed by atoms with Crippen molar-refractivity contribution in [3.63, 3.8) is 0 Å². The van der Waals surface area contributed by atoms with Crippen LogP contribution in [0.15, 0.2) is 162 Å². The lowest BCUT2D eigenvalue weighted by atomic mass is 9.99. The molecule has 0 bridgehead atoms. The molecule has 7 aromatic carbocycles. The maximum absolute atomic E-state index is 6.12. The van der Waals surface area contributed by atoms with E-state index in [1.54, 1.807) is 22.7 Å². The molecule has 0 aliphatic carbocycles. The first-order valence-corrected chi connectivity index (χ1v) is 19.0. The molecule has 0 aliphatic heterocycles. The van der Waals surface area contributed by atoms with Crippen molar-refractivity contribution in [3.8, 4) is 56.7 Å². The van der Waals surface area contributed by atoms with Crippen molar-refractivity contribution in [1.82, 2.24) is 19.9 Å². The molecule has 4 aromatic heterocycles. The first-order chi connectivity index (χ1) is 26.2. The molecule has 0 atom stereocenters. The normalized spacial score (nSPS) is 11.8. The van der Waals surface area contributed by atoms with Gasteiger partial charge in [0.1, 0.15) is 5.52 Å². The largest absolute Gasteiger partial charge is 0.436 e. The predicted molar refractivity (Wildman–Crippen MR) is 220 cm³/mol. The Morgan fingerprint density at radius 1 is 0.396 bits per heavy atom. The van der Waals surface area contributed by atoms with Gasteiger partial charge in [0.2, 0.25) is 5.89 Å². The van der Waals surface area contributed by atoms with Gasteiger partial charge in [-0.2, -0.15) is 0 Å². The summed E-state index contributed by atoms with van der Waals surface area (Å²) in [6.07, 6.45) is 0. The molecule has 5 nitrogen and oxygen atoms in total. The van der Waals surface area contributed by atoms with E-state index in [2.05, 4.69) is 109 Å². The highest BCUT2D eigenvalue weighted by Crippen LogP contribution is 2.43. The van der Waals surface area contributed by atoms with Gasteiger partial charge >= 0.3 is 0 Å². The lowest BCUT2D eigenvalue weighted by molar-refractivity contribution is 0.620. The van der Waals surface area contributed by atoms with Gasteiger partial charge in [0.15, 0.2) is 23.1 Å². The highest BCUT2D eigenvalue weighted by molar-refractivity contribution is 7.26. The Morgan fingerprint density at radius 2 is 1.06 bits per heavy atom. The molecule has 0 fully saturated rings. The average Bonchev–Trinajstić information content (AvgIpc) is 3.94. The van der Waals surface area contributed by atoms with E-state index in [1.807, 2.05) is 48.5 Å². The number of fused-ring (bicyclic) bond motifs is 7. The highest BCUT2D eigenvalue weighted by atomic mass is 32.1. The first kappa shape index (κ1) is 30.1. The standard InChI is InChI=1S/C46H26N4OS2/c1-2-11-27(12-3-1)43-48-44(50-45(49-43)34-18-9-16-32-31-15-4-7-21-38(31)53-42(32)34)33-17-10-22-40-41(33)35-26-29(23-24-39(35)52-40)28-13-8-14-30(25-28)46-47-36-19-5-6-20-37(36)51-46/h1-26H. The molecule has 0 N–H and O–H groups in total. The van der Waals surface area contributed by atoms with Crippen LogP contribution in [0.5, 0.6) is 0 Å². The Bertz CT molecular complexity index is 3160. The third kappa shape index (κ3) is 5.04. The van der Waals surface area contributed by atoms with E-state index >= 15 is 0 Å². The molecule has 0 amide bonds. The first-order valence-electron chi connectivity index (χ1n) is 17.4. The number of hydrogen-bond donors (Lipinski definition) is 0. The lowest BCUT2D eigenvalue weighted by Crippen LogP contribution is -2.00. The molecular weight excluding hydrogens is 689 g/mol. The van der Waals surface area contributed by atoms with Gasteiger partial charge in [0.25, 0.3) is 0 Å². The molecule has 0 radical (unpaired) electrons. The number of para-hydroxylation sites is 2. The fourth-order valence-corrected chi connectivity index (χ4v) is 9.60. The van der Waals surface area contributed by atoms with Crippen LogP contribution in [0.25, 0.3) is 108 Å². The van der Waals surface area contributed by atoms with Crippen molar-refractivity contribution in [2.24, 2.45) is 0 Å². The van der Waals surface area contributed by atoms with E-state index in [0.717, 1.165) is 49.9 Å². The van der Waals surface area contributed by atoms with Crippen molar-refractivity contribution in [2.45, 2.75) is 0 Å². The molecule has 0 aliphatic rings. The van der Waals surface area contributed by atoms with Gasteiger partial charge in [-0.15, -0.1) is 22.7 Å². The number of aromatic nitrogens is 4. The van der Waals surface area contributed by atoms with Gasteiger partial charge in [-0.25, -0.2) is 19.9 Å². The van der Waals surface area contributed by atoms with Gasteiger partial charge in [-0.05, 0) is 65.7 Å². The molecule has 0 saturated carbocycles. The fraction of sp³-hybridized carbons (Fsp3) is 0. The number of thiophene rings is 2. The number of rotatable bonds is 5. The van der Waals surface area contributed by atoms with Gasteiger partial charge in [-0.1, -0.05) is 103 Å². The SMILES string of the molecule is c1ccc(-c2nc(-c3cccc4c3sc3ccccc34)nc(-c3cccc4sc5ccc(-c6cccc(-c7nc8ccccc8o7)c6)cc5c34)n2)cc1. The van der Waals surface area contributed by atoms with E-state index in [1.165, 1.54) is 35.0 Å². The third-order valence-corrected chi connectivity index (χ3v) is 12.1. The van der Waals surface area contributed by atoms with Gasteiger partial charge in [0.05, 0.1) is 0 Å². The van der Waals surface area contributed by atoms with Gasteiger partial charge < -0.3 is 4.42 Å². The minimum Gasteiger partial charge on any atom is -0.436 e. The Kier molecular flexibility index (Phi) is 6.83. The molecular formula is C46H26N4OS2. The van der Waals surface area contributed by atoms with E-state index in [-0.39, 0.29) is 0 Å². The highest BCUT2D eigenvalue weighted by Gasteiger charge is 2.20. The maximum atomic E-state index is 6.12. The predicted octanol–water partition coefficient (Wildman–Crippen LogP) is 13.1. The average molecular weight is 715 g/mol. The zero-order valence-corrected chi connectivity index (χ0v) is 29.7. The zero-order valence-electron chi connectivity index (χ0n) is 28.0. The zero-order chi connectivity index (χ0) is 34.9. The Hall–Kier alpha value is -6.54. The summed E-state index contributed by atoms with van der Waals surface area (Å²) < 4.78 is 10.9. The molecule has 11 aromatic rings. The lowest BCUT2D eigenvalue weighted by Gasteiger charge is -2.10. The molecule has 0 unspecified atom stereocenters. The fourth-order valence-electron chi connectivity index (χ4n) is 7.28. The van der Waals surface area contributed by atoms with E-state index < -0.39 is 0 Å². The summed E-state index contributed by atoms with van der Waals surface area (Å²) >= 11 is 3.57. The number of oxazole rings is 1. The molecule has 0 spiro atoms.